The van der Waals surface area contributed by atoms with Crippen molar-refractivity contribution in [2.45, 2.75) is 45.2 Å². The first-order chi connectivity index (χ1) is 11.7. The second-order valence-corrected chi connectivity index (χ2v) is 7.42. The third kappa shape index (κ3) is 4.22. The Balaban J connectivity index is 1.54. The van der Waals surface area contributed by atoms with Crippen LogP contribution in [0.15, 0.2) is 18.2 Å². The first-order valence-electron chi connectivity index (χ1n) is 9.37. The molecule has 1 saturated carbocycles. The number of hydrogen-bond donors (Lipinski definition) is 0. The van der Waals surface area contributed by atoms with E-state index >= 15 is 0 Å². The topological polar surface area (TPSA) is 24.9 Å². The molecule has 2 aliphatic rings. The van der Waals surface area contributed by atoms with E-state index in [0.29, 0.717) is 0 Å². The molecule has 0 amide bonds. The van der Waals surface area contributed by atoms with Crippen molar-refractivity contribution in [1.29, 1.82) is 0 Å². The smallest absolute Gasteiger partial charge is 0.127 e. The zero-order valence-electron chi connectivity index (χ0n) is 15.5. The maximum absolute atomic E-state index is 5.54. The monoisotopic (exact) mass is 332 g/mol. The van der Waals surface area contributed by atoms with E-state index in [1.165, 1.54) is 44.3 Å². The maximum Gasteiger partial charge on any atom is 0.127 e. The summed E-state index contributed by atoms with van der Waals surface area (Å²) in [5.74, 6) is 2.69. The van der Waals surface area contributed by atoms with E-state index in [0.717, 1.165) is 43.1 Å². The highest BCUT2D eigenvalue weighted by atomic mass is 16.5. The van der Waals surface area contributed by atoms with Crippen molar-refractivity contribution in [3.8, 4) is 11.5 Å². The van der Waals surface area contributed by atoms with Crippen molar-refractivity contribution >= 4 is 0 Å². The van der Waals surface area contributed by atoms with Crippen LogP contribution in [0.2, 0.25) is 0 Å². The Labute approximate surface area is 146 Å². The zero-order valence-corrected chi connectivity index (χ0v) is 15.5. The van der Waals surface area contributed by atoms with Crippen LogP contribution in [0.25, 0.3) is 0 Å². The maximum atomic E-state index is 5.54. The Kier molecular flexibility index (Phi) is 6.01. The molecule has 1 heterocycles. The fraction of sp³-hybridized carbons (Fsp3) is 0.700. The SMILES string of the molecule is COc1ccc(CN2CCN([C@H]3CCC[C@@H](C)C3)CC2)c(OC)c1. The molecule has 24 heavy (non-hydrogen) atoms. The number of benzene rings is 1. The van der Waals surface area contributed by atoms with E-state index in [4.69, 9.17) is 9.47 Å². The molecule has 1 aliphatic carbocycles. The van der Waals surface area contributed by atoms with Gasteiger partial charge in [0, 0.05) is 50.4 Å². The number of methoxy groups -OCH3 is 2. The summed E-state index contributed by atoms with van der Waals surface area (Å²) < 4.78 is 10.8. The molecule has 134 valence electrons. The van der Waals surface area contributed by atoms with Crippen LogP contribution in [0.3, 0.4) is 0 Å². The summed E-state index contributed by atoms with van der Waals surface area (Å²) in [5.41, 5.74) is 1.25. The Hall–Kier alpha value is -1.26. The van der Waals surface area contributed by atoms with Crippen LogP contribution in [0.4, 0.5) is 0 Å². The molecular formula is C20H32N2O2. The Morgan fingerprint density at radius 2 is 1.83 bits per heavy atom. The Morgan fingerprint density at radius 1 is 1.04 bits per heavy atom. The molecule has 1 aromatic rings. The normalized spacial score (nSPS) is 26.3. The van der Waals surface area contributed by atoms with Crippen molar-refractivity contribution in [2.75, 3.05) is 40.4 Å². The average Bonchev–Trinajstić information content (AvgIpc) is 2.62. The standard InChI is InChI=1S/C20H32N2O2/c1-16-5-4-6-18(13-16)22-11-9-21(10-12-22)15-17-7-8-19(23-2)14-20(17)24-3/h7-8,14,16,18H,4-6,9-13,15H2,1-3H3/t16-,18+/m1/s1. The summed E-state index contributed by atoms with van der Waals surface area (Å²) >= 11 is 0. The van der Waals surface area contributed by atoms with Gasteiger partial charge in [0.2, 0.25) is 0 Å². The lowest BCUT2D eigenvalue weighted by atomic mass is 9.86. The number of rotatable bonds is 5. The van der Waals surface area contributed by atoms with Crippen molar-refractivity contribution in [1.82, 2.24) is 9.80 Å². The first-order valence-corrected chi connectivity index (χ1v) is 9.37. The largest absolute Gasteiger partial charge is 0.497 e. The van der Waals surface area contributed by atoms with Gasteiger partial charge in [-0.3, -0.25) is 9.80 Å². The van der Waals surface area contributed by atoms with Gasteiger partial charge in [-0.1, -0.05) is 25.8 Å². The van der Waals surface area contributed by atoms with E-state index in [2.05, 4.69) is 22.8 Å². The van der Waals surface area contributed by atoms with E-state index < -0.39 is 0 Å². The second-order valence-electron chi connectivity index (χ2n) is 7.42. The van der Waals surface area contributed by atoms with Gasteiger partial charge in [0.05, 0.1) is 14.2 Å². The molecule has 4 nitrogen and oxygen atoms in total. The molecule has 0 unspecified atom stereocenters. The predicted molar refractivity (Wildman–Crippen MR) is 97.8 cm³/mol. The van der Waals surface area contributed by atoms with Crippen molar-refractivity contribution in [3.63, 3.8) is 0 Å². The van der Waals surface area contributed by atoms with Gasteiger partial charge >= 0.3 is 0 Å². The van der Waals surface area contributed by atoms with E-state index in [1.807, 2.05) is 12.1 Å². The lowest BCUT2D eigenvalue weighted by molar-refractivity contribution is 0.0656. The van der Waals surface area contributed by atoms with Gasteiger partial charge in [0.1, 0.15) is 11.5 Å². The highest BCUT2D eigenvalue weighted by molar-refractivity contribution is 5.40. The van der Waals surface area contributed by atoms with Gasteiger partial charge in [-0.15, -0.1) is 0 Å². The summed E-state index contributed by atoms with van der Waals surface area (Å²) in [6, 6.07) is 6.96. The van der Waals surface area contributed by atoms with Crippen LogP contribution >= 0.6 is 0 Å². The van der Waals surface area contributed by atoms with Gasteiger partial charge < -0.3 is 9.47 Å². The molecule has 0 aromatic heterocycles. The van der Waals surface area contributed by atoms with Crippen LogP contribution in [-0.2, 0) is 6.54 Å². The van der Waals surface area contributed by atoms with Crippen LogP contribution in [0.5, 0.6) is 11.5 Å². The van der Waals surface area contributed by atoms with Gasteiger partial charge in [-0.05, 0) is 24.8 Å². The number of nitrogens with zero attached hydrogens (tertiary/aromatic N) is 2. The van der Waals surface area contributed by atoms with Crippen LogP contribution in [0, 0.1) is 5.92 Å². The summed E-state index contributed by atoms with van der Waals surface area (Å²) in [4.78, 5) is 5.28. The molecule has 2 atom stereocenters. The highest BCUT2D eigenvalue weighted by Gasteiger charge is 2.27. The predicted octanol–water partition coefficient (Wildman–Crippen LogP) is 3.40. The molecular weight excluding hydrogens is 300 g/mol. The summed E-state index contributed by atoms with van der Waals surface area (Å²) in [6.07, 6.45) is 5.63. The van der Waals surface area contributed by atoms with Gasteiger partial charge in [0.25, 0.3) is 0 Å². The van der Waals surface area contributed by atoms with E-state index in [9.17, 15) is 0 Å². The Morgan fingerprint density at radius 3 is 2.50 bits per heavy atom. The minimum absolute atomic E-state index is 0.825. The zero-order chi connectivity index (χ0) is 16.9. The van der Waals surface area contributed by atoms with Crippen molar-refractivity contribution in [2.24, 2.45) is 5.92 Å². The number of hydrogen-bond acceptors (Lipinski definition) is 4. The molecule has 1 aliphatic heterocycles. The van der Waals surface area contributed by atoms with Gasteiger partial charge in [-0.2, -0.15) is 0 Å². The molecule has 0 spiro atoms. The fourth-order valence-corrected chi connectivity index (χ4v) is 4.24. The minimum atomic E-state index is 0.825. The molecule has 3 rings (SSSR count). The minimum Gasteiger partial charge on any atom is -0.497 e. The molecule has 0 radical (unpaired) electrons. The van der Waals surface area contributed by atoms with Crippen LogP contribution < -0.4 is 9.47 Å². The van der Waals surface area contributed by atoms with Gasteiger partial charge in [-0.25, -0.2) is 0 Å². The summed E-state index contributed by atoms with van der Waals surface area (Å²) in [7, 11) is 3.43. The summed E-state index contributed by atoms with van der Waals surface area (Å²) in [5, 5.41) is 0. The van der Waals surface area contributed by atoms with Gasteiger partial charge in [0.15, 0.2) is 0 Å². The molecule has 2 fully saturated rings. The number of piperazine rings is 1. The lowest BCUT2D eigenvalue weighted by Crippen LogP contribution is -2.50. The Bertz CT molecular complexity index is 526. The first kappa shape index (κ1) is 17.6. The van der Waals surface area contributed by atoms with Crippen LogP contribution in [-0.4, -0.2) is 56.2 Å². The van der Waals surface area contributed by atoms with Crippen molar-refractivity contribution in [3.05, 3.63) is 23.8 Å². The third-order valence-corrected chi connectivity index (χ3v) is 5.72. The van der Waals surface area contributed by atoms with Crippen molar-refractivity contribution < 1.29 is 9.47 Å². The van der Waals surface area contributed by atoms with E-state index in [1.54, 1.807) is 14.2 Å². The van der Waals surface area contributed by atoms with Crippen LogP contribution in [0.1, 0.15) is 38.2 Å². The highest BCUT2D eigenvalue weighted by Crippen LogP contribution is 2.29. The molecule has 1 saturated heterocycles. The average molecular weight is 332 g/mol. The molecule has 4 heteroatoms. The fourth-order valence-electron chi connectivity index (χ4n) is 4.24. The van der Waals surface area contributed by atoms with E-state index in [-0.39, 0.29) is 0 Å². The molecule has 0 N–H and O–H groups in total. The quantitative estimate of drug-likeness (QED) is 0.825. The second kappa shape index (κ2) is 8.21. The number of ether oxygens (including phenoxy) is 2. The third-order valence-electron chi connectivity index (χ3n) is 5.72. The summed E-state index contributed by atoms with van der Waals surface area (Å²) in [6.45, 7) is 8.09. The molecule has 1 aromatic carbocycles. The molecule has 0 bridgehead atoms. The lowest BCUT2D eigenvalue weighted by Gasteiger charge is -2.42.